The predicted octanol–water partition coefficient (Wildman–Crippen LogP) is 0.928. The fourth-order valence-corrected chi connectivity index (χ4v) is 2.31. The van der Waals surface area contributed by atoms with E-state index in [0.29, 0.717) is 30.9 Å². The van der Waals surface area contributed by atoms with E-state index in [1.165, 1.54) is 0 Å². The van der Waals surface area contributed by atoms with Crippen LogP contribution in [0, 0.1) is 5.92 Å². The lowest BCUT2D eigenvalue weighted by Crippen LogP contribution is -2.41. The van der Waals surface area contributed by atoms with Crippen molar-refractivity contribution < 1.29 is 24.3 Å². The molecule has 1 heterocycles. The highest BCUT2D eigenvalue weighted by Crippen LogP contribution is 2.34. The van der Waals surface area contributed by atoms with Gasteiger partial charge >= 0.3 is 12.1 Å². The van der Waals surface area contributed by atoms with Crippen LogP contribution in [0.3, 0.4) is 0 Å². The standard InChI is InChI=1S/C10H15NO5/c1-2-15-9(12)6-3-4-8-7(5-6)11(14)10(13)16-8/h6-8,14H,2-5H2,1H3. The third-order valence-corrected chi connectivity index (χ3v) is 3.13. The molecule has 0 aromatic rings. The number of hydrogen-bond acceptors (Lipinski definition) is 5. The van der Waals surface area contributed by atoms with E-state index < -0.39 is 12.1 Å². The second-order valence-electron chi connectivity index (χ2n) is 4.10. The molecule has 1 aliphatic carbocycles. The molecule has 90 valence electrons. The molecule has 6 heteroatoms. The average molecular weight is 229 g/mol. The Morgan fingerprint density at radius 3 is 3.06 bits per heavy atom. The van der Waals surface area contributed by atoms with Gasteiger partial charge in [-0.25, -0.2) is 4.79 Å². The van der Waals surface area contributed by atoms with Crippen molar-refractivity contribution in [3.8, 4) is 0 Å². The van der Waals surface area contributed by atoms with Gasteiger partial charge in [0, 0.05) is 0 Å². The molecule has 2 fully saturated rings. The van der Waals surface area contributed by atoms with Gasteiger partial charge in [-0.1, -0.05) is 0 Å². The van der Waals surface area contributed by atoms with E-state index in [1.807, 2.05) is 0 Å². The van der Waals surface area contributed by atoms with Crippen LogP contribution < -0.4 is 0 Å². The van der Waals surface area contributed by atoms with Crippen LogP contribution in [0.1, 0.15) is 26.2 Å². The number of hydroxylamine groups is 2. The number of rotatable bonds is 2. The molecule has 1 saturated carbocycles. The summed E-state index contributed by atoms with van der Waals surface area (Å²) in [7, 11) is 0. The van der Waals surface area contributed by atoms with Gasteiger partial charge in [-0.15, -0.1) is 0 Å². The zero-order valence-electron chi connectivity index (χ0n) is 9.09. The third-order valence-electron chi connectivity index (χ3n) is 3.13. The topological polar surface area (TPSA) is 76.1 Å². The van der Waals surface area contributed by atoms with Crippen molar-refractivity contribution in [3.05, 3.63) is 0 Å². The normalized spacial score (nSPS) is 33.2. The number of esters is 1. The number of carbonyl (C=O) groups excluding carboxylic acids is 2. The molecule has 1 saturated heterocycles. The van der Waals surface area contributed by atoms with Crippen LogP contribution in [-0.4, -0.2) is 41.1 Å². The van der Waals surface area contributed by atoms with Crippen LogP contribution in [-0.2, 0) is 14.3 Å². The molecular weight excluding hydrogens is 214 g/mol. The van der Waals surface area contributed by atoms with E-state index in [0.717, 1.165) is 0 Å². The lowest BCUT2D eigenvalue weighted by Gasteiger charge is -2.29. The van der Waals surface area contributed by atoms with Crippen LogP contribution in [0.15, 0.2) is 0 Å². The monoisotopic (exact) mass is 229 g/mol. The summed E-state index contributed by atoms with van der Waals surface area (Å²) < 4.78 is 9.88. The van der Waals surface area contributed by atoms with E-state index in [9.17, 15) is 14.8 Å². The number of hydrogen-bond donors (Lipinski definition) is 1. The van der Waals surface area contributed by atoms with Crippen molar-refractivity contribution >= 4 is 12.1 Å². The second-order valence-corrected chi connectivity index (χ2v) is 4.10. The largest absolute Gasteiger partial charge is 0.466 e. The van der Waals surface area contributed by atoms with Crippen LogP contribution in [0.4, 0.5) is 4.79 Å². The third kappa shape index (κ3) is 1.84. The van der Waals surface area contributed by atoms with E-state index in [-0.39, 0.29) is 18.0 Å². The highest BCUT2D eigenvalue weighted by Gasteiger charge is 2.46. The zero-order chi connectivity index (χ0) is 11.7. The molecule has 0 radical (unpaired) electrons. The van der Waals surface area contributed by atoms with Crippen molar-refractivity contribution in [3.63, 3.8) is 0 Å². The van der Waals surface area contributed by atoms with E-state index in [4.69, 9.17) is 9.47 Å². The number of fused-ring (bicyclic) bond motifs is 1. The minimum atomic E-state index is -0.723. The van der Waals surface area contributed by atoms with Crippen molar-refractivity contribution in [2.24, 2.45) is 5.92 Å². The van der Waals surface area contributed by atoms with Crippen molar-refractivity contribution in [2.45, 2.75) is 38.3 Å². The smallest absolute Gasteiger partial charge is 0.434 e. The van der Waals surface area contributed by atoms with Gasteiger partial charge in [0.05, 0.1) is 12.5 Å². The van der Waals surface area contributed by atoms with Gasteiger partial charge in [-0.2, -0.15) is 5.06 Å². The van der Waals surface area contributed by atoms with Gasteiger partial charge in [0.2, 0.25) is 0 Å². The van der Waals surface area contributed by atoms with Gasteiger partial charge in [-0.05, 0) is 26.2 Å². The Morgan fingerprint density at radius 2 is 2.38 bits per heavy atom. The van der Waals surface area contributed by atoms with Crippen molar-refractivity contribution in [1.29, 1.82) is 0 Å². The first kappa shape index (κ1) is 11.2. The van der Waals surface area contributed by atoms with Gasteiger partial charge < -0.3 is 9.47 Å². The molecule has 1 amide bonds. The molecule has 6 nitrogen and oxygen atoms in total. The molecule has 3 unspecified atom stereocenters. The Labute approximate surface area is 93.1 Å². The van der Waals surface area contributed by atoms with Gasteiger partial charge in [0.25, 0.3) is 0 Å². The second kappa shape index (κ2) is 4.29. The summed E-state index contributed by atoms with van der Waals surface area (Å²) >= 11 is 0. The summed E-state index contributed by atoms with van der Waals surface area (Å²) in [5.41, 5.74) is 0. The Hall–Kier alpha value is -1.30. The maximum absolute atomic E-state index is 11.5. The highest BCUT2D eigenvalue weighted by atomic mass is 16.7. The molecular formula is C10H15NO5. The number of nitrogens with zero attached hydrogens (tertiary/aromatic N) is 1. The van der Waals surface area contributed by atoms with Gasteiger partial charge in [-0.3, -0.25) is 10.0 Å². The van der Waals surface area contributed by atoms with Gasteiger partial charge in [0.1, 0.15) is 12.1 Å². The maximum atomic E-state index is 11.5. The lowest BCUT2D eigenvalue weighted by molar-refractivity contribution is -0.152. The molecule has 0 aromatic heterocycles. The van der Waals surface area contributed by atoms with Crippen molar-refractivity contribution in [1.82, 2.24) is 5.06 Å². The van der Waals surface area contributed by atoms with E-state index in [1.54, 1.807) is 6.92 Å². The molecule has 3 atom stereocenters. The maximum Gasteiger partial charge on any atom is 0.434 e. The fourth-order valence-electron chi connectivity index (χ4n) is 2.31. The Balaban J connectivity index is 1.99. The molecule has 16 heavy (non-hydrogen) atoms. The fraction of sp³-hybridized carbons (Fsp3) is 0.800. The molecule has 2 rings (SSSR count). The minimum absolute atomic E-state index is 0.245. The number of amides is 1. The molecule has 1 aliphatic heterocycles. The molecule has 2 aliphatic rings. The van der Waals surface area contributed by atoms with Crippen LogP contribution >= 0.6 is 0 Å². The van der Waals surface area contributed by atoms with Crippen LogP contribution in [0.2, 0.25) is 0 Å². The number of ether oxygens (including phenoxy) is 2. The number of carbonyl (C=O) groups is 2. The first-order valence-corrected chi connectivity index (χ1v) is 5.48. The zero-order valence-corrected chi connectivity index (χ0v) is 9.09. The van der Waals surface area contributed by atoms with Crippen LogP contribution in [0.5, 0.6) is 0 Å². The minimum Gasteiger partial charge on any atom is -0.466 e. The van der Waals surface area contributed by atoms with E-state index >= 15 is 0 Å². The summed E-state index contributed by atoms with van der Waals surface area (Å²) in [5.74, 6) is -0.501. The molecule has 0 bridgehead atoms. The van der Waals surface area contributed by atoms with Crippen LogP contribution in [0.25, 0.3) is 0 Å². The predicted molar refractivity (Wildman–Crippen MR) is 51.7 cm³/mol. The Morgan fingerprint density at radius 1 is 1.62 bits per heavy atom. The Kier molecular flexibility index (Phi) is 3.00. The molecule has 0 spiro atoms. The van der Waals surface area contributed by atoms with E-state index in [2.05, 4.69) is 0 Å². The highest BCUT2D eigenvalue weighted by molar-refractivity contribution is 5.74. The summed E-state index contributed by atoms with van der Waals surface area (Å²) in [6.45, 7) is 2.10. The van der Waals surface area contributed by atoms with Gasteiger partial charge in [0.15, 0.2) is 0 Å². The first-order chi connectivity index (χ1) is 7.63. The lowest BCUT2D eigenvalue weighted by atomic mass is 9.84. The quantitative estimate of drug-likeness (QED) is 0.563. The summed E-state index contributed by atoms with van der Waals surface area (Å²) in [6, 6.07) is -0.407. The SMILES string of the molecule is CCOC(=O)C1CCC2OC(=O)N(O)C2C1. The Bertz CT molecular complexity index is 306. The molecule has 0 aromatic carbocycles. The summed E-state index contributed by atoms with van der Waals surface area (Å²) in [6.07, 6.45) is 0.631. The molecule has 1 N–H and O–H groups in total. The first-order valence-electron chi connectivity index (χ1n) is 5.48. The summed E-state index contributed by atoms with van der Waals surface area (Å²) in [5, 5.41) is 10.0. The average Bonchev–Trinajstić information content (AvgIpc) is 2.55. The summed E-state index contributed by atoms with van der Waals surface area (Å²) in [4.78, 5) is 22.6. The van der Waals surface area contributed by atoms with Crippen molar-refractivity contribution in [2.75, 3.05) is 6.61 Å².